The standard InChI is InChI=1S/C20H19FN2O3S/c1-2-27(24,25)23(15-16-6-5-13-22-14-16)17-9-11-18(12-10-17)26-20-8-4-3-7-19(20)21/h3-14H,2,15H2,1H3. The van der Waals surface area contributed by atoms with Crippen LogP contribution < -0.4 is 9.04 Å². The van der Waals surface area contributed by atoms with E-state index in [2.05, 4.69) is 4.98 Å². The average Bonchev–Trinajstić information content (AvgIpc) is 2.69. The summed E-state index contributed by atoms with van der Waals surface area (Å²) >= 11 is 0. The maximum Gasteiger partial charge on any atom is 0.235 e. The van der Waals surface area contributed by atoms with Crippen molar-refractivity contribution in [2.45, 2.75) is 13.5 Å². The summed E-state index contributed by atoms with van der Waals surface area (Å²) < 4.78 is 45.7. The van der Waals surface area contributed by atoms with Crippen molar-refractivity contribution in [3.8, 4) is 11.5 Å². The molecule has 0 spiro atoms. The van der Waals surface area contributed by atoms with Gasteiger partial charge in [-0.3, -0.25) is 9.29 Å². The van der Waals surface area contributed by atoms with Gasteiger partial charge in [-0.25, -0.2) is 12.8 Å². The topological polar surface area (TPSA) is 59.5 Å². The average molecular weight is 386 g/mol. The lowest BCUT2D eigenvalue weighted by molar-refractivity contribution is 0.442. The number of rotatable bonds is 7. The third-order valence-electron chi connectivity index (χ3n) is 3.94. The molecule has 5 nitrogen and oxygen atoms in total. The summed E-state index contributed by atoms with van der Waals surface area (Å²) in [6, 6.07) is 16.2. The van der Waals surface area contributed by atoms with E-state index in [9.17, 15) is 12.8 Å². The van der Waals surface area contributed by atoms with E-state index in [1.165, 1.54) is 16.4 Å². The largest absolute Gasteiger partial charge is 0.454 e. The second-order valence-electron chi connectivity index (χ2n) is 5.79. The molecule has 140 valence electrons. The van der Waals surface area contributed by atoms with Gasteiger partial charge in [0.05, 0.1) is 18.0 Å². The number of benzene rings is 2. The van der Waals surface area contributed by atoms with Gasteiger partial charge in [-0.15, -0.1) is 0 Å². The number of sulfonamides is 1. The second-order valence-corrected chi connectivity index (χ2v) is 7.98. The van der Waals surface area contributed by atoms with Crippen LogP contribution in [0.5, 0.6) is 11.5 Å². The van der Waals surface area contributed by atoms with Crippen LogP contribution in [0.4, 0.5) is 10.1 Å². The molecule has 0 saturated carbocycles. The summed E-state index contributed by atoms with van der Waals surface area (Å²) in [6.07, 6.45) is 3.27. The summed E-state index contributed by atoms with van der Waals surface area (Å²) in [5.41, 5.74) is 1.28. The molecule has 0 atom stereocenters. The van der Waals surface area contributed by atoms with Gasteiger partial charge in [-0.05, 0) is 55.0 Å². The van der Waals surface area contributed by atoms with Crippen molar-refractivity contribution < 1.29 is 17.5 Å². The van der Waals surface area contributed by atoms with Gasteiger partial charge in [0.25, 0.3) is 0 Å². The van der Waals surface area contributed by atoms with Crippen molar-refractivity contribution in [2.75, 3.05) is 10.1 Å². The predicted molar refractivity (Wildman–Crippen MR) is 103 cm³/mol. The van der Waals surface area contributed by atoms with E-state index in [0.717, 1.165) is 5.56 Å². The fourth-order valence-corrected chi connectivity index (χ4v) is 3.60. The van der Waals surface area contributed by atoms with Crippen LogP contribution in [0, 0.1) is 5.82 Å². The third-order valence-corrected chi connectivity index (χ3v) is 5.68. The lowest BCUT2D eigenvalue weighted by atomic mass is 10.2. The molecule has 2 aromatic carbocycles. The molecular formula is C20H19FN2O3S. The Morgan fingerprint density at radius 2 is 1.78 bits per heavy atom. The Balaban J connectivity index is 1.86. The number of ether oxygens (including phenoxy) is 1. The van der Waals surface area contributed by atoms with Crippen LogP contribution in [0.25, 0.3) is 0 Å². The molecule has 0 saturated heterocycles. The Bertz CT molecular complexity index is 993. The maximum atomic E-state index is 13.7. The molecule has 1 heterocycles. The molecule has 3 rings (SSSR count). The van der Waals surface area contributed by atoms with E-state index in [4.69, 9.17) is 4.74 Å². The summed E-state index contributed by atoms with van der Waals surface area (Å²) in [6.45, 7) is 1.78. The van der Waals surface area contributed by atoms with Gasteiger partial charge in [0.15, 0.2) is 11.6 Å². The molecule has 0 unspecified atom stereocenters. The number of pyridine rings is 1. The lowest BCUT2D eigenvalue weighted by Gasteiger charge is -2.24. The number of anilines is 1. The van der Waals surface area contributed by atoms with Crippen molar-refractivity contribution >= 4 is 15.7 Å². The maximum absolute atomic E-state index is 13.7. The van der Waals surface area contributed by atoms with Gasteiger partial charge in [-0.2, -0.15) is 0 Å². The van der Waals surface area contributed by atoms with Gasteiger partial charge in [0.2, 0.25) is 10.0 Å². The first-order chi connectivity index (χ1) is 13.0. The number of para-hydroxylation sites is 1. The van der Waals surface area contributed by atoms with Crippen LogP contribution in [-0.4, -0.2) is 19.2 Å². The summed E-state index contributed by atoms with van der Waals surface area (Å²) in [4.78, 5) is 4.03. The molecule has 0 aliphatic heterocycles. The van der Waals surface area contributed by atoms with Gasteiger partial charge >= 0.3 is 0 Å². The van der Waals surface area contributed by atoms with Crippen LogP contribution >= 0.6 is 0 Å². The zero-order valence-corrected chi connectivity index (χ0v) is 15.6. The van der Waals surface area contributed by atoms with Crippen LogP contribution in [0.15, 0.2) is 73.1 Å². The number of aromatic nitrogens is 1. The smallest absolute Gasteiger partial charge is 0.235 e. The minimum Gasteiger partial charge on any atom is -0.454 e. The molecule has 0 radical (unpaired) electrons. The summed E-state index contributed by atoms with van der Waals surface area (Å²) in [5.74, 6) is 0.0341. The van der Waals surface area contributed by atoms with E-state index in [1.807, 2.05) is 6.07 Å². The number of halogens is 1. The zero-order chi connectivity index (χ0) is 19.3. The normalized spacial score (nSPS) is 11.2. The van der Waals surface area contributed by atoms with Gasteiger partial charge in [0, 0.05) is 12.4 Å². The Kier molecular flexibility index (Phi) is 5.71. The fraction of sp³-hybridized carbons (Fsp3) is 0.150. The summed E-state index contributed by atoms with van der Waals surface area (Å²) in [7, 11) is -3.49. The minimum atomic E-state index is -3.49. The Labute approximate surface area is 158 Å². The van der Waals surface area contributed by atoms with E-state index in [1.54, 1.807) is 61.8 Å². The monoisotopic (exact) mass is 386 g/mol. The molecule has 0 aliphatic carbocycles. The number of nitrogens with zero attached hydrogens (tertiary/aromatic N) is 2. The van der Waals surface area contributed by atoms with Crippen LogP contribution in [0.2, 0.25) is 0 Å². The molecule has 7 heteroatoms. The summed E-state index contributed by atoms with van der Waals surface area (Å²) in [5, 5.41) is 0. The SMILES string of the molecule is CCS(=O)(=O)N(Cc1cccnc1)c1ccc(Oc2ccccc2F)cc1. The van der Waals surface area contributed by atoms with E-state index >= 15 is 0 Å². The van der Waals surface area contributed by atoms with Gasteiger partial charge in [-0.1, -0.05) is 18.2 Å². The Hall–Kier alpha value is -2.93. The number of hydrogen-bond donors (Lipinski definition) is 0. The van der Waals surface area contributed by atoms with Crippen molar-refractivity contribution in [1.82, 2.24) is 4.98 Å². The Morgan fingerprint density at radius 3 is 2.41 bits per heavy atom. The fourth-order valence-electron chi connectivity index (χ4n) is 2.50. The highest BCUT2D eigenvalue weighted by molar-refractivity contribution is 7.92. The molecule has 0 amide bonds. The molecule has 27 heavy (non-hydrogen) atoms. The Morgan fingerprint density at radius 1 is 1.04 bits per heavy atom. The van der Waals surface area contributed by atoms with Crippen LogP contribution in [-0.2, 0) is 16.6 Å². The third kappa shape index (κ3) is 4.62. The first-order valence-electron chi connectivity index (χ1n) is 8.41. The first-order valence-corrected chi connectivity index (χ1v) is 10.0. The first kappa shape index (κ1) is 18.8. The molecule has 0 N–H and O–H groups in total. The molecule has 3 aromatic rings. The molecule has 1 aromatic heterocycles. The van der Waals surface area contributed by atoms with Crippen molar-refractivity contribution in [2.24, 2.45) is 0 Å². The van der Waals surface area contributed by atoms with Crippen molar-refractivity contribution in [3.63, 3.8) is 0 Å². The highest BCUT2D eigenvalue weighted by Gasteiger charge is 2.21. The quantitative estimate of drug-likeness (QED) is 0.605. The van der Waals surface area contributed by atoms with Crippen LogP contribution in [0.3, 0.4) is 0 Å². The van der Waals surface area contributed by atoms with Crippen molar-refractivity contribution in [3.05, 3.63) is 84.4 Å². The van der Waals surface area contributed by atoms with E-state index in [-0.39, 0.29) is 18.0 Å². The highest BCUT2D eigenvalue weighted by Crippen LogP contribution is 2.28. The minimum absolute atomic E-state index is 0.0270. The van der Waals surface area contributed by atoms with E-state index in [0.29, 0.717) is 11.4 Å². The van der Waals surface area contributed by atoms with Crippen LogP contribution in [0.1, 0.15) is 12.5 Å². The second kappa shape index (κ2) is 8.18. The van der Waals surface area contributed by atoms with Gasteiger partial charge in [0.1, 0.15) is 5.75 Å². The van der Waals surface area contributed by atoms with E-state index < -0.39 is 15.8 Å². The number of hydrogen-bond acceptors (Lipinski definition) is 4. The van der Waals surface area contributed by atoms with Crippen molar-refractivity contribution in [1.29, 1.82) is 0 Å². The van der Waals surface area contributed by atoms with Gasteiger partial charge < -0.3 is 4.74 Å². The molecular weight excluding hydrogens is 367 g/mol. The molecule has 0 aliphatic rings. The zero-order valence-electron chi connectivity index (χ0n) is 14.7. The predicted octanol–water partition coefficient (Wildman–Crippen LogP) is 4.37. The molecule has 0 fully saturated rings. The lowest BCUT2D eigenvalue weighted by Crippen LogP contribution is -2.31. The molecule has 0 bridgehead atoms. The highest BCUT2D eigenvalue weighted by atomic mass is 32.2.